The van der Waals surface area contributed by atoms with Gasteiger partial charge in [-0.3, -0.25) is 9.78 Å². The Morgan fingerprint density at radius 1 is 1.17 bits per heavy atom. The molecule has 128 valence electrons. The lowest BCUT2D eigenvalue weighted by Crippen LogP contribution is -2.34. The van der Waals surface area contributed by atoms with Gasteiger partial charge in [-0.05, 0) is 30.7 Å². The normalized spacial score (nSPS) is 12.8. The molecule has 1 amide bonds. The van der Waals surface area contributed by atoms with Gasteiger partial charge in [0.2, 0.25) is 5.91 Å². The lowest BCUT2D eigenvalue weighted by atomic mass is 10.2. The number of sulfone groups is 1. The SMILES string of the molecule is Cc1ccc(S(=O)(=O)C(CNC(=O)C(C)C)c2cccnc2)cc1. The van der Waals surface area contributed by atoms with Crippen molar-refractivity contribution in [2.24, 2.45) is 5.92 Å². The highest BCUT2D eigenvalue weighted by molar-refractivity contribution is 7.91. The second-order valence-corrected chi connectivity index (χ2v) is 8.16. The third-order valence-electron chi connectivity index (χ3n) is 3.77. The summed E-state index contributed by atoms with van der Waals surface area (Å²) in [5.74, 6) is -0.385. The molecule has 1 aromatic carbocycles. The van der Waals surface area contributed by atoms with Crippen LogP contribution in [0.5, 0.6) is 0 Å². The lowest BCUT2D eigenvalue weighted by Gasteiger charge is -2.19. The van der Waals surface area contributed by atoms with E-state index in [9.17, 15) is 13.2 Å². The molecule has 1 heterocycles. The van der Waals surface area contributed by atoms with Gasteiger partial charge < -0.3 is 5.32 Å². The van der Waals surface area contributed by atoms with Crippen LogP contribution < -0.4 is 5.32 Å². The summed E-state index contributed by atoms with van der Waals surface area (Å²) in [5.41, 5.74) is 1.54. The standard InChI is InChI=1S/C18H22N2O3S/c1-13(2)18(21)20-12-17(15-5-4-10-19-11-15)24(22,23)16-8-6-14(3)7-9-16/h4-11,13,17H,12H2,1-3H3,(H,20,21). The number of nitrogens with zero attached hydrogens (tertiary/aromatic N) is 1. The average Bonchev–Trinajstić information content (AvgIpc) is 2.56. The van der Waals surface area contributed by atoms with E-state index in [1.165, 1.54) is 6.20 Å². The van der Waals surface area contributed by atoms with Crippen LogP contribution in [0.4, 0.5) is 0 Å². The van der Waals surface area contributed by atoms with Gasteiger partial charge in [0.1, 0.15) is 5.25 Å². The summed E-state index contributed by atoms with van der Waals surface area (Å²) in [7, 11) is -3.65. The van der Waals surface area contributed by atoms with Crippen LogP contribution in [0.3, 0.4) is 0 Å². The van der Waals surface area contributed by atoms with Crippen molar-refractivity contribution >= 4 is 15.7 Å². The van der Waals surface area contributed by atoms with Gasteiger partial charge in [-0.2, -0.15) is 0 Å². The Labute approximate surface area is 143 Å². The largest absolute Gasteiger partial charge is 0.354 e. The number of carbonyl (C=O) groups is 1. The van der Waals surface area contributed by atoms with E-state index < -0.39 is 15.1 Å². The van der Waals surface area contributed by atoms with Gasteiger partial charge in [0.15, 0.2) is 9.84 Å². The van der Waals surface area contributed by atoms with E-state index in [1.807, 2.05) is 6.92 Å². The predicted octanol–water partition coefficient (Wildman–Crippen LogP) is 2.68. The molecule has 5 nitrogen and oxygen atoms in total. The molecule has 0 radical (unpaired) electrons. The van der Waals surface area contributed by atoms with Gasteiger partial charge in [0.25, 0.3) is 0 Å². The predicted molar refractivity (Wildman–Crippen MR) is 93.2 cm³/mol. The van der Waals surface area contributed by atoms with Crippen molar-refractivity contribution in [2.75, 3.05) is 6.54 Å². The average molecular weight is 346 g/mol. The van der Waals surface area contributed by atoms with Crippen LogP contribution >= 0.6 is 0 Å². The molecule has 0 aliphatic heterocycles. The first-order chi connectivity index (χ1) is 11.3. The quantitative estimate of drug-likeness (QED) is 0.872. The van der Waals surface area contributed by atoms with E-state index in [-0.39, 0.29) is 23.3 Å². The van der Waals surface area contributed by atoms with Crippen LogP contribution in [0.2, 0.25) is 0 Å². The number of aromatic nitrogens is 1. The first-order valence-corrected chi connectivity index (χ1v) is 9.35. The van der Waals surface area contributed by atoms with Crippen LogP contribution in [0, 0.1) is 12.8 Å². The molecule has 2 rings (SSSR count). The molecule has 24 heavy (non-hydrogen) atoms. The monoisotopic (exact) mass is 346 g/mol. The van der Waals surface area contributed by atoms with Gasteiger partial charge in [0, 0.05) is 24.9 Å². The Bertz CT molecular complexity index is 785. The summed E-state index contributed by atoms with van der Waals surface area (Å²) < 4.78 is 26.1. The minimum absolute atomic E-state index is 0.0128. The maximum absolute atomic E-state index is 13.0. The third kappa shape index (κ3) is 4.20. The maximum atomic E-state index is 13.0. The Morgan fingerprint density at radius 2 is 1.83 bits per heavy atom. The second kappa shape index (κ2) is 7.57. The van der Waals surface area contributed by atoms with E-state index in [0.29, 0.717) is 5.56 Å². The van der Waals surface area contributed by atoms with E-state index >= 15 is 0 Å². The Morgan fingerprint density at radius 3 is 2.38 bits per heavy atom. The fraction of sp³-hybridized carbons (Fsp3) is 0.333. The topological polar surface area (TPSA) is 76.1 Å². The van der Waals surface area contributed by atoms with E-state index in [0.717, 1.165) is 5.56 Å². The number of rotatable bonds is 6. The lowest BCUT2D eigenvalue weighted by molar-refractivity contribution is -0.123. The van der Waals surface area contributed by atoms with Crippen LogP contribution in [0.15, 0.2) is 53.7 Å². The van der Waals surface area contributed by atoms with Crippen molar-refractivity contribution in [3.63, 3.8) is 0 Å². The molecular formula is C18H22N2O3S. The number of hydrogen-bond acceptors (Lipinski definition) is 4. The van der Waals surface area contributed by atoms with Crippen molar-refractivity contribution in [3.05, 3.63) is 59.9 Å². The number of pyridine rings is 1. The van der Waals surface area contributed by atoms with Crippen molar-refractivity contribution < 1.29 is 13.2 Å². The molecule has 2 aromatic rings. The number of carbonyl (C=O) groups excluding carboxylic acids is 1. The van der Waals surface area contributed by atoms with Gasteiger partial charge in [-0.15, -0.1) is 0 Å². The summed E-state index contributed by atoms with van der Waals surface area (Å²) >= 11 is 0. The Balaban J connectivity index is 2.38. The zero-order valence-electron chi connectivity index (χ0n) is 14.1. The second-order valence-electron chi connectivity index (χ2n) is 6.03. The fourth-order valence-electron chi connectivity index (χ4n) is 2.26. The van der Waals surface area contributed by atoms with E-state index in [2.05, 4.69) is 10.3 Å². The number of aryl methyl sites for hydroxylation is 1. The highest BCUT2D eigenvalue weighted by atomic mass is 32.2. The zero-order valence-corrected chi connectivity index (χ0v) is 14.9. The van der Waals surface area contributed by atoms with Crippen LogP contribution in [-0.4, -0.2) is 25.9 Å². The molecule has 1 aromatic heterocycles. The number of benzene rings is 1. The van der Waals surface area contributed by atoms with Gasteiger partial charge >= 0.3 is 0 Å². The minimum Gasteiger partial charge on any atom is -0.354 e. The zero-order chi connectivity index (χ0) is 17.7. The molecule has 0 spiro atoms. The maximum Gasteiger partial charge on any atom is 0.222 e. The summed E-state index contributed by atoms with van der Waals surface area (Å²) in [5, 5.41) is 1.84. The molecule has 1 atom stereocenters. The van der Waals surface area contributed by atoms with Crippen molar-refractivity contribution in [3.8, 4) is 0 Å². The van der Waals surface area contributed by atoms with Crippen LogP contribution in [0.25, 0.3) is 0 Å². The van der Waals surface area contributed by atoms with Crippen molar-refractivity contribution in [2.45, 2.75) is 30.9 Å². The summed E-state index contributed by atoms with van der Waals surface area (Å²) in [6.45, 7) is 5.45. The van der Waals surface area contributed by atoms with Gasteiger partial charge in [-0.25, -0.2) is 8.42 Å². The Hall–Kier alpha value is -2.21. The number of hydrogen-bond donors (Lipinski definition) is 1. The molecule has 1 unspecified atom stereocenters. The molecule has 0 saturated heterocycles. The highest BCUT2D eigenvalue weighted by Crippen LogP contribution is 2.28. The van der Waals surface area contributed by atoms with Crippen molar-refractivity contribution in [1.29, 1.82) is 0 Å². The smallest absolute Gasteiger partial charge is 0.222 e. The number of nitrogens with one attached hydrogen (secondary N) is 1. The molecule has 6 heteroatoms. The molecule has 1 N–H and O–H groups in total. The van der Waals surface area contributed by atoms with Gasteiger partial charge in [-0.1, -0.05) is 37.6 Å². The van der Waals surface area contributed by atoms with E-state index in [1.54, 1.807) is 56.4 Å². The summed E-state index contributed by atoms with van der Waals surface area (Å²) in [4.78, 5) is 16.1. The molecule has 0 bridgehead atoms. The first-order valence-electron chi connectivity index (χ1n) is 7.80. The van der Waals surface area contributed by atoms with Crippen molar-refractivity contribution in [1.82, 2.24) is 10.3 Å². The minimum atomic E-state index is -3.65. The van der Waals surface area contributed by atoms with E-state index in [4.69, 9.17) is 0 Å². The third-order valence-corrected chi connectivity index (χ3v) is 5.88. The number of amides is 1. The molecule has 0 aliphatic rings. The molecule has 0 fully saturated rings. The first kappa shape index (κ1) is 18.1. The summed E-state index contributed by atoms with van der Waals surface area (Å²) in [6.07, 6.45) is 3.11. The van der Waals surface area contributed by atoms with Crippen LogP contribution in [-0.2, 0) is 14.6 Å². The summed E-state index contributed by atoms with van der Waals surface area (Å²) in [6, 6.07) is 10.1. The highest BCUT2D eigenvalue weighted by Gasteiger charge is 2.30. The van der Waals surface area contributed by atoms with Gasteiger partial charge in [0.05, 0.1) is 4.90 Å². The molecule has 0 saturated carbocycles. The Kier molecular flexibility index (Phi) is 5.72. The van der Waals surface area contributed by atoms with Crippen LogP contribution in [0.1, 0.15) is 30.2 Å². The fourth-order valence-corrected chi connectivity index (χ4v) is 3.91. The molecule has 0 aliphatic carbocycles. The molecular weight excluding hydrogens is 324 g/mol.